The van der Waals surface area contributed by atoms with Gasteiger partial charge in [-0.25, -0.2) is 18.1 Å². The molecule has 2 N–H and O–H groups in total. The largest absolute Gasteiger partial charge is 0.359 e. The second-order valence-corrected chi connectivity index (χ2v) is 13.1. The number of nitrogens with one attached hydrogen (secondary N) is 2. The molecule has 0 aliphatic heterocycles. The van der Waals surface area contributed by atoms with Gasteiger partial charge in [-0.3, -0.25) is 0 Å². The maximum absolute atomic E-state index is 12.8. The van der Waals surface area contributed by atoms with Gasteiger partial charge in [0.15, 0.2) is 0 Å². The predicted octanol–water partition coefficient (Wildman–Crippen LogP) is 5.58. The third-order valence-electron chi connectivity index (χ3n) is 7.53. The fraction of sp³-hybridized carbons (Fsp3) is 0.517. The maximum atomic E-state index is 12.8. The summed E-state index contributed by atoms with van der Waals surface area (Å²) in [5.74, 6) is 2.50. The Morgan fingerprint density at radius 2 is 1.54 bits per heavy atom. The minimum absolute atomic E-state index is 0.00220. The Balaban J connectivity index is 1.28. The third kappa shape index (κ3) is 6.79. The number of hydrogen-bond donors (Lipinski definition) is 2. The van der Waals surface area contributed by atoms with Crippen LogP contribution in [-0.2, 0) is 15.4 Å². The molecule has 200 valence electrons. The van der Waals surface area contributed by atoms with Crippen molar-refractivity contribution >= 4 is 32.7 Å². The van der Waals surface area contributed by atoms with E-state index in [1.165, 1.54) is 0 Å². The molecule has 1 aliphatic rings. The molecule has 3 aromatic rings. The highest BCUT2D eigenvalue weighted by Crippen LogP contribution is 2.30. The molecule has 1 heterocycles. The molecule has 8 heteroatoms. The van der Waals surface area contributed by atoms with Crippen molar-refractivity contribution in [1.82, 2.24) is 14.7 Å². The molecule has 1 aliphatic carbocycles. The average molecular weight is 524 g/mol. The minimum Gasteiger partial charge on any atom is -0.359 e. The molecule has 4 rings (SSSR count). The second kappa shape index (κ2) is 11.4. The van der Waals surface area contributed by atoms with Crippen LogP contribution in [0.3, 0.4) is 0 Å². The van der Waals surface area contributed by atoms with Crippen LogP contribution in [0, 0.1) is 11.8 Å². The fourth-order valence-corrected chi connectivity index (χ4v) is 6.02. The van der Waals surface area contributed by atoms with Crippen LogP contribution in [-0.4, -0.2) is 45.1 Å². The van der Waals surface area contributed by atoms with Gasteiger partial charge in [0.25, 0.3) is 0 Å². The Labute approximate surface area is 222 Å². The van der Waals surface area contributed by atoms with E-state index in [-0.39, 0.29) is 5.41 Å². The third-order valence-corrected chi connectivity index (χ3v) is 8.97. The van der Waals surface area contributed by atoms with Crippen LogP contribution in [0.1, 0.15) is 58.9 Å². The molecule has 0 spiro atoms. The Kier molecular flexibility index (Phi) is 8.39. The van der Waals surface area contributed by atoms with Crippen LogP contribution >= 0.6 is 0 Å². The first-order chi connectivity index (χ1) is 17.6. The van der Waals surface area contributed by atoms with Crippen LogP contribution in [0.15, 0.2) is 53.4 Å². The number of para-hydroxylation sites is 1. The fourth-order valence-electron chi connectivity index (χ4n) is 4.90. The highest BCUT2D eigenvalue weighted by molar-refractivity contribution is 7.89. The Bertz CT molecular complexity index is 1290. The van der Waals surface area contributed by atoms with Crippen molar-refractivity contribution in [3.63, 3.8) is 0 Å². The van der Waals surface area contributed by atoms with E-state index in [1.54, 1.807) is 12.1 Å². The number of hydrogen-bond acceptors (Lipinski definition) is 6. The van der Waals surface area contributed by atoms with Crippen molar-refractivity contribution in [1.29, 1.82) is 0 Å². The first-order valence-corrected chi connectivity index (χ1v) is 14.9. The topological polar surface area (TPSA) is 87.2 Å². The Hall–Kier alpha value is -2.71. The van der Waals surface area contributed by atoms with Crippen molar-refractivity contribution in [2.24, 2.45) is 11.8 Å². The summed E-state index contributed by atoms with van der Waals surface area (Å²) in [7, 11) is -1.45. The van der Waals surface area contributed by atoms with Crippen LogP contribution < -0.4 is 14.9 Å². The zero-order chi connectivity index (χ0) is 26.6. The predicted molar refractivity (Wildman–Crippen MR) is 153 cm³/mol. The number of benzene rings is 2. The lowest BCUT2D eigenvalue weighted by atomic mass is 9.82. The van der Waals surface area contributed by atoms with Gasteiger partial charge in [0.2, 0.25) is 16.0 Å². The second-order valence-electron chi connectivity index (χ2n) is 11.3. The summed E-state index contributed by atoms with van der Waals surface area (Å²) < 4.78 is 28.5. The standard InChI is InChI=1S/C29H41N5O2S/c1-6-34(5)27-25-9-7-8-10-26(25)32-28(33-27)30-19-21-11-13-22(14-12-21)20-31-37(35,36)24-17-15-23(16-18-24)29(2,3)4/h7-10,15-18,21-22,31H,6,11-14,19-20H2,1-5H3,(H,30,32,33). The van der Waals surface area contributed by atoms with Crippen molar-refractivity contribution < 1.29 is 8.42 Å². The number of rotatable bonds is 9. The van der Waals surface area contributed by atoms with Gasteiger partial charge >= 0.3 is 0 Å². The van der Waals surface area contributed by atoms with Gasteiger partial charge < -0.3 is 10.2 Å². The molecule has 1 fully saturated rings. The summed E-state index contributed by atoms with van der Waals surface area (Å²) in [5.41, 5.74) is 2.07. The van der Waals surface area contributed by atoms with Gasteiger partial charge in [-0.05, 0) is 79.7 Å². The van der Waals surface area contributed by atoms with Gasteiger partial charge in [0.05, 0.1) is 10.4 Å². The molecule has 2 aromatic carbocycles. The van der Waals surface area contributed by atoms with E-state index in [4.69, 9.17) is 9.97 Å². The van der Waals surface area contributed by atoms with E-state index >= 15 is 0 Å². The molecule has 1 saturated carbocycles. The summed E-state index contributed by atoms with van der Waals surface area (Å²) in [5, 5.41) is 4.53. The number of nitrogens with zero attached hydrogens (tertiary/aromatic N) is 3. The first-order valence-electron chi connectivity index (χ1n) is 13.4. The summed E-state index contributed by atoms with van der Waals surface area (Å²) in [6.45, 7) is 10.7. The summed E-state index contributed by atoms with van der Waals surface area (Å²) in [4.78, 5) is 12.0. The first kappa shape index (κ1) is 27.3. The van der Waals surface area contributed by atoms with E-state index in [2.05, 4.69) is 55.7 Å². The molecule has 1 aromatic heterocycles. The van der Waals surface area contributed by atoms with E-state index in [0.717, 1.165) is 61.1 Å². The lowest BCUT2D eigenvalue weighted by molar-refractivity contribution is 0.284. The molecule has 0 saturated heterocycles. The van der Waals surface area contributed by atoms with E-state index in [0.29, 0.717) is 29.2 Å². The molecule has 0 bridgehead atoms. The molecule has 0 atom stereocenters. The van der Waals surface area contributed by atoms with E-state index in [1.807, 2.05) is 30.3 Å². The van der Waals surface area contributed by atoms with Crippen molar-refractivity contribution in [3.05, 3.63) is 54.1 Å². The summed E-state index contributed by atoms with van der Waals surface area (Å²) in [6, 6.07) is 15.4. The van der Waals surface area contributed by atoms with Gasteiger partial charge in [0, 0.05) is 32.1 Å². The Morgan fingerprint density at radius 3 is 2.16 bits per heavy atom. The number of anilines is 2. The van der Waals surface area contributed by atoms with Crippen LogP contribution in [0.2, 0.25) is 0 Å². The lowest BCUT2D eigenvalue weighted by Crippen LogP contribution is -2.32. The molecule has 0 unspecified atom stereocenters. The highest BCUT2D eigenvalue weighted by Gasteiger charge is 2.24. The molecule has 0 radical (unpaired) electrons. The summed E-state index contributed by atoms with van der Waals surface area (Å²) in [6.07, 6.45) is 4.16. The van der Waals surface area contributed by atoms with Crippen LogP contribution in [0.5, 0.6) is 0 Å². The highest BCUT2D eigenvalue weighted by atomic mass is 32.2. The van der Waals surface area contributed by atoms with Crippen molar-refractivity contribution in [3.8, 4) is 0 Å². The van der Waals surface area contributed by atoms with Gasteiger partial charge in [-0.15, -0.1) is 0 Å². The Morgan fingerprint density at radius 1 is 0.919 bits per heavy atom. The quantitative estimate of drug-likeness (QED) is 0.381. The maximum Gasteiger partial charge on any atom is 0.240 e. The molecular formula is C29H41N5O2S. The smallest absolute Gasteiger partial charge is 0.240 e. The van der Waals surface area contributed by atoms with Gasteiger partial charge in [0.1, 0.15) is 5.82 Å². The number of aromatic nitrogens is 2. The SMILES string of the molecule is CCN(C)c1nc(NCC2CCC(CNS(=O)(=O)c3ccc(C(C)(C)C)cc3)CC2)nc2ccccc12. The summed E-state index contributed by atoms with van der Waals surface area (Å²) >= 11 is 0. The molecule has 37 heavy (non-hydrogen) atoms. The molecular weight excluding hydrogens is 482 g/mol. The zero-order valence-corrected chi connectivity index (χ0v) is 23.6. The minimum atomic E-state index is -3.50. The monoisotopic (exact) mass is 523 g/mol. The van der Waals surface area contributed by atoms with Crippen molar-refractivity contribution in [2.75, 3.05) is 36.9 Å². The van der Waals surface area contributed by atoms with Crippen molar-refractivity contribution in [2.45, 2.75) is 63.7 Å². The number of sulfonamides is 1. The molecule has 7 nitrogen and oxygen atoms in total. The number of fused-ring (bicyclic) bond motifs is 1. The van der Waals surface area contributed by atoms with E-state index < -0.39 is 10.0 Å². The van der Waals surface area contributed by atoms with Crippen LogP contribution in [0.4, 0.5) is 11.8 Å². The van der Waals surface area contributed by atoms with Gasteiger partial charge in [-0.1, -0.05) is 45.0 Å². The average Bonchev–Trinajstić information content (AvgIpc) is 2.90. The normalized spacial score (nSPS) is 18.6. The van der Waals surface area contributed by atoms with E-state index in [9.17, 15) is 8.42 Å². The lowest BCUT2D eigenvalue weighted by Gasteiger charge is -2.29. The zero-order valence-electron chi connectivity index (χ0n) is 22.8. The van der Waals surface area contributed by atoms with Crippen LogP contribution in [0.25, 0.3) is 10.9 Å². The molecule has 0 amide bonds. The van der Waals surface area contributed by atoms with Gasteiger partial charge in [-0.2, -0.15) is 4.98 Å².